The Balaban J connectivity index is 1.79. The Kier molecular flexibility index (Phi) is 4.36. The zero-order chi connectivity index (χ0) is 20.0. The van der Waals surface area contributed by atoms with E-state index in [1.165, 1.54) is 37.7 Å². The number of nitriles is 1. The number of rotatable bonds is 2. The molecular formula is C26H25N2O+. The van der Waals surface area contributed by atoms with Gasteiger partial charge in [0.1, 0.15) is 12.6 Å². The van der Waals surface area contributed by atoms with Crippen LogP contribution in [-0.4, -0.2) is 0 Å². The van der Waals surface area contributed by atoms with Crippen LogP contribution in [0.2, 0.25) is 0 Å². The molecule has 3 heteroatoms. The summed E-state index contributed by atoms with van der Waals surface area (Å²) < 4.78 is 8.59. The van der Waals surface area contributed by atoms with Crippen LogP contribution in [0.25, 0.3) is 33.2 Å². The Morgan fingerprint density at radius 3 is 2.66 bits per heavy atom. The average molecular weight is 381 g/mol. The highest BCUT2D eigenvalue weighted by molar-refractivity contribution is 6.12. The van der Waals surface area contributed by atoms with Crippen molar-refractivity contribution in [2.24, 2.45) is 7.05 Å². The Labute approximate surface area is 171 Å². The molecule has 0 atom stereocenters. The number of pyridine rings is 1. The summed E-state index contributed by atoms with van der Waals surface area (Å²) in [5.74, 6) is 0.630. The second-order valence-electron chi connectivity index (χ2n) is 8.32. The van der Waals surface area contributed by atoms with Crippen LogP contribution in [-0.2, 0) is 7.05 Å². The first-order valence-electron chi connectivity index (χ1n) is 10.5. The third-order valence-electron chi connectivity index (χ3n) is 6.47. The fourth-order valence-corrected chi connectivity index (χ4v) is 4.98. The minimum atomic E-state index is 0.630. The molecule has 3 nitrogen and oxygen atoms in total. The van der Waals surface area contributed by atoms with Crippen LogP contribution in [0.3, 0.4) is 0 Å². The molecule has 1 aliphatic rings. The molecule has 144 valence electrons. The van der Waals surface area contributed by atoms with Gasteiger partial charge in [0.05, 0.1) is 17.2 Å². The highest BCUT2D eigenvalue weighted by atomic mass is 16.3. The van der Waals surface area contributed by atoms with Crippen molar-refractivity contribution in [2.45, 2.75) is 44.9 Å². The quantitative estimate of drug-likeness (QED) is 0.382. The van der Waals surface area contributed by atoms with E-state index in [1.54, 1.807) is 0 Å². The summed E-state index contributed by atoms with van der Waals surface area (Å²) in [6.45, 7) is 2.06. The third kappa shape index (κ3) is 2.91. The zero-order valence-corrected chi connectivity index (χ0v) is 17.0. The Bertz CT molecular complexity index is 1270. The van der Waals surface area contributed by atoms with Crippen LogP contribution in [0.1, 0.15) is 54.7 Å². The van der Waals surface area contributed by atoms with Gasteiger partial charge in [-0.25, -0.2) is 4.57 Å². The predicted octanol–water partition coefficient (Wildman–Crippen LogP) is 6.31. The van der Waals surface area contributed by atoms with Gasteiger partial charge in [-0.1, -0.05) is 31.4 Å². The molecular weight excluding hydrogens is 356 g/mol. The molecule has 2 aromatic carbocycles. The normalized spacial score (nSPS) is 15.1. The molecule has 0 spiro atoms. The fraction of sp³-hybridized carbons (Fsp3) is 0.308. The number of fused-ring (bicyclic) bond motifs is 3. The van der Waals surface area contributed by atoms with Crippen LogP contribution in [0.4, 0.5) is 0 Å². The van der Waals surface area contributed by atoms with E-state index in [0.29, 0.717) is 11.5 Å². The summed E-state index contributed by atoms with van der Waals surface area (Å²) in [5.41, 5.74) is 6.98. The first kappa shape index (κ1) is 17.9. The summed E-state index contributed by atoms with van der Waals surface area (Å²) in [6, 6.07) is 17.2. The van der Waals surface area contributed by atoms with Crippen LogP contribution >= 0.6 is 0 Å². The van der Waals surface area contributed by atoms with Crippen LogP contribution in [0.5, 0.6) is 0 Å². The van der Waals surface area contributed by atoms with Gasteiger partial charge in [-0.3, -0.25) is 0 Å². The molecule has 1 aliphatic carbocycles. The molecule has 4 aromatic rings. The minimum absolute atomic E-state index is 0.630. The largest absolute Gasteiger partial charge is 0.455 e. The van der Waals surface area contributed by atoms with Gasteiger partial charge in [-0.15, -0.1) is 0 Å². The van der Waals surface area contributed by atoms with Crippen molar-refractivity contribution in [3.8, 4) is 17.3 Å². The van der Waals surface area contributed by atoms with Crippen molar-refractivity contribution >= 4 is 21.9 Å². The van der Waals surface area contributed by atoms with Crippen LogP contribution in [0.15, 0.2) is 53.1 Å². The molecule has 0 aliphatic heterocycles. The van der Waals surface area contributed by atoms with Gasteiger partial charge in [0.2, 0.25) is 5.69 Å². The van der Waals surface area contributed by atoms with E-state index >= 15 is 0 Å². The maximum absolute atomic E-state index is 9.82. The van der Waals surface area contributed by atoms with Gasteiger partial charge in [-0.05, 0) is 55.0 Å². The molecule has 1 fully saturated rings. The van der Waals surface area contributed by atoms with E-state index in [2.05, 4.69) is 41.8 Å². The second kappa shape index (κ2) is 7.04. The minimum Gasteiger partial charge on any atom is -0.455 e. The average Bonchev–Trinajstić information content (AvgIpc) is 3.13. The maximum atomic E-state index is 9.82. The van der Waals surface area contributed by atoms with Crippen molar-refractivity contribution in [3.63, 3.8) is 0 Å². The molecule has 2 heterocycles. The van der Waals surface area contributed by atoms with Crippen molar-refractivity contribution in [1.82, 2.24) is 0 Å². The summed E-state index contributed by atoms with van der Waals surface area (Å²) in [4.78, 5) is 0. The fourth-order valence-electron chi connectivity index (χ4n) is 4.98. The van der Waals surface area contributed by atoms with Gasteiger partial charge in [0, 0.05) is 22.9 Å². The monoisotopic (exact) mass is 381 g/mol. The van der Waals surface area contributed by atoms with Gasteiger partial charge in [0.25, 0.3) is 0 Å². The smallest absolute Gasteiger partial charge is 0.216 e. The molecule has 0 unspecified atom stereocenters. The molecule has 0 amide bonds. The number of aryl methyl sites for hydroxylation is 2. The molecule has 0 bridgehead atoms. The van der Waals surface area contributed by atoms with Gasteiger partial charge in [-0.2, -0.15) is 5.26 Å². The molecule has 0 saturated heterocycles. The molecule has 5 rings (SSSR count). The third-order valence-corrected chi connectivity index (χ3v) is 6.47. The van der Waals surface area contributed by atoms with Crippen molar-refractivity contribution in [3.05, 3.63) is 65.4 Å². The molecule has 29 heavy (non-hydrogen) atoms. The molecule has 2 aromatic heterocycles. The maximum Gasteiger partial charge on any atom is 0.216 e. The first-order valence-corrected chi connectivity index (χ1v) is 10.5. The van der Waals surface area contributed by atoms with E-state index in [0.717, 1.165) is 38.8 Å². The summed E-state index contributed by atoms with van der Waals surface area (Å²) >= 11 is 0. The highest BCUT2D eigenvalue weighted by Gasteiger charge is 2.24. The lowest BCUT2D eigenvalue weighted by Gasteiger charge is -2.21. The first-order chi connectivity index (χ1) is 14.2. The lowest BCUT2D eigenvalue weighted by atomic mass is 9.84. The number of benzene rings is 2. The summed E-state index contributed by atoms with van der Waals surface area (Å²) in [7, 11) is 2.04. The second-order valence-corrected chi connectivity index (χ2v) is 8.32. The Morgan fingerprint density at radius 2 is 1.90 bits per heavy atom. The van der Waals surface area contributed by atoms with E-state index in [9.17, 15) is 5.26 Å². The Morgan fingerprint density at radius 1 is 1.07 bits per heavy atom. The van der Waals surface area contributed by atoms with E-state index < -0.39 is 0 Å². The molecule has 1 saturated carbocycles. The standard InChI is InChI=1S/C26H25N2O/c1-17-14-20(16-27)25-21-12-11-19(18-8-4-3-5-9-18)15-23(21)29-26(25)24(17)22-10-6-7-13-28(22)2/h6-7,10-15,18H,3-5,8-9H2,1-2H3/q+1. The highest BCUT2D eigenvalue weighted by Crippen LogP contribution is 2.41. The Hall–Kier alpha value is -3.12. The zero-order valence-electron chi connectivity index (χ0n) is 17.0. The van der Waals surface area contributed by atoms with Crippen LogP contribution < -0.4 is 4.57 Å². The number of furan rings is 1. The van der Waals surface area contributed by atoms with Crippen LogP contribution in [0, 0.1) is 18.3 Å². The van der Waals surface area contributed by atoms with E-state index in [1.807, 2.05) is 31.4 Å². The van der Waals surface area contributed by atoms with E-state index in [4.69, 9.17) is 4.42 Å². The van der Waals surface area contributed by atoms with Gasteiger partial charge in [0.15, 0.2) is 11.8 Å². The number of nitrogens with zero attached hydrogens (tertiary/aromatic N) is 2. The number of hydrogen-bond donors (Lipinski definition) is 0. The van der Waals surface area contributed by atoms with Gasteiger partial charge < -0.3 is 4.42 Å². The van der Waals surface area contributed by atoms with Crippen molar-refractivity contribution in [1.29, 1.82) is 5.26 Å². The topological polar surface area (TPSA) is 40.8 Å². The summed E-state index contributed by atoms with van der Waals surface area (Å²) in [6.07, 6.45) is 8.55. The van der Waals surface area contributed by atoms with Crippen molar-refractivity contribution in [2.75, 3.05) is 0 Å². The van der Waals surface area contributed by atoms with E-state index in [-0.39, 0.29) is 0 Å². The SMILES string of the molecule is Cc1cc(C#N)c2c(oc3cc(C4CCCCC4)ccc32)c1-c1cccc[n+]1C. The number of aromatic nitrogens is 1. The molecule has 0 radical (unpaired) electrons. The molecule has 0 N–H and O–H groups in total. The number of hydrogen-bond acceptors (Lipinski definition) is 2. The predicted molar refractivity (Wildman–Crippen MR) is 116 cm³/mol. The summed E-state index contributed by atoms with van der Waals surface area (Å²) in [5, 5.41) is 11.8. The lowest BCUT2D eigenvalue weighted by Crippen LogP contribution is -2.30. The van der Waals surface area contributed by atoms with Crippen molar-refractivity contribution < 1.29 is 8.98 Å². The lowest BCUT2D eigenvalue weighted by molar-refractivity contribution is -0.660. The van der Waals surface area contributed by atoms with Gasteiger partial charge >= 0.3 is 0 Å².